The summed E-state index contributed by atoms with van der Waals surface area (Å²) in [5.41, 5.74) is 9.72. The zero-order chi connectivity index (χ0) is 12.8. The fraction of sp³-hybridized carbons (Fsp3) is 0.625. The van der Waals surface area contributed by atoms with Crippen molar-refractivity contribution in [2.24, 2.45) is 5.73 Å². The summed E-state index contributed by atoms with van der Waals surface area (Å²) in [6.07, 6.45) is 8.42. The number of nitrogens with two attached hydrogens (primary N) is 1. The fourth-order valence-electron chi connectivity index (χ4n) is 4.20. The summed E-state index contributed by atoms with van der Waals surface area (Å²) in [6.45, 7) is 2.12. The summed E-state index contributed by atoms with van der Waals surface area (Å²) < 4.78 is 14.2. The molecule has 0 aliphatic heterocycles. The first-order valence-corrected chi connectivity index (χ1v) is 7.19. The Morgan fingerprint density at radius 3 is 2.61 bits per heavy atom. The first-order valence-electron chi connectivity index (χ1n) is 7.19. The number of benzene rings is 1. The van der Waals surface area contributed by atoms with Gasteiger partial charge in [0, 0.05) is 11.6 Å². The molecule has 2 heteroatoms. The van der Waals surface area contributed by atoms with E-state index in [9.17, 15) is 4.39 Å². The monoisotopic (exact) mass is 247 g/mol. The predicted octanol–water partition coefficient (Wildman–Crippen LogP) is 4.13. The van der Waals surface area contributed by atoms with Gasteiger partial charge in [0.1, 0.15) is 5.82 Å². The van der Waals surface area contributed by atoms with Gasteiger partial charge in [0.25, 0.3) is 0 Å². The minimum atomic E-state index is -0.104. The van der Waals surface area contributed by atoms with Gasteiger partial charge in [-0.2, -0.15) is 0 Å². The van der Waals surface area contributed by atoms with Crippen LogP contribution >= 0.6 is 0 Å². The van der Waals surface area contributed by atoms with E-state index in [1.54, 1.807) is 6.07 Å². The van der Waals surface area contributed by atoms with Crippen LogP contribution in [0.3, 0.4) is 0 Å². The molecule has 0 saturated heterocycles. The second-order valence-electron chi connectivity index (χ2n) is 6.14. The summed E-state index contributed by atoms with van der Waals surface area (Å²) in [6, 6.07) is 3.42. The van der Waals surface area contributed by atoms with Crippen molar-refractivity contribution in [3.05, 3.63) is 34.6 Å². The molecule has 3 rings (SSSR count). The molecule has 2 aliphatic carbocycles. The van der Waals surface area contributed by atoms with Crippen molar-refractivity contribution in [2.45, 2.75) is 63.3 Å². The van der Waals surface area contributed by atoms with Crippen LogP contribution in [-0.4, -0.2) is 0 Å². The molecule has 98 valence electrons. The lowest BCUT2D eigenvalue weighted by Gasteiger charge is -2.45. The third-order valence-electron chi connectivity index (χ3n) is 5.05. The van der Waals surface area contributed by atoms with E-state index in [4.69, 9.17) is 5.73 Å². The van der Waals surface area contributed by atoms with E-state index in [-0.39, 0.29) is 17.3 Å². The molecule has 1 spiro atoms. The molecule has 1 aromatic carbocycles. The van der Waals surface area contributed by atoms with Crippen LogP contribution in [0, 0.1) is 12.7 Å². The summed E-state index contributed by atoms with van der Waals surface area (Å²) in [5, 5.41) is 0. The predicted molar refractivity (Wildman–Crippen MR) is 72.1 cm³/mol. The second kappa shape index (κ2) is 4.34. The van der Waals surface area contributed by atoms with Crippen LogP contribution in [0.1, 0.15) is 67.7 Å². The molecule has 2 aliphatic rings. The van der Waals surface area contributed by atoms with Crippen LogP contribution in [0.4, 0.5) is 4.39 Å². The zero-order valence-corrected chi connectivity index (χ0v) is 11.1. The molecule has 1 fully saturated rings. The number of aryl methyl sites for hydroxylation is 1. The minimum Gasteiger partial charge on any atom is -0.324 e. The maximum absolute atomic E-state index is 14.2. The Balaban J connectivity index is 2.18. The van der Waals surface area contributed by atoms with Crippen LogP contribution in [0.25, 0.3) is 0 Å². The third-order valence-corrected chi connectivity index (χ3v) is 5.05. The Bertz CT molecular complexity index is 460. The van der Waals surface area contributed by atoms with Gasteiger partial charge in [0.15, 0.2) is 0 Å². The topological polar surface area (TPSA) is 26.0 Å². The summed E-state index contributed by atoms with van der Waals surface area (Å²) in [7, 11) is 0. The van der Waals surface area contributed by atoms with Crippen molar-refractivity contribution >= 4 is 0 Å². The lowest BCUT2D eigenvalue weighted by atomic mass is 9.60. The number of hydrogen-bond acceptors (Lipinski definition) is 1. The van der Waals surface area contributed by atoms with Gasteiger partial charge in [-0.3, -0.25) is 0 Å². The highest BCUT2D eigenvalue weighted by Gasteiger charge is 2.41. The average Bonchev–Trinajstić information content (AvgIpc) is 2.38. The van der Waals surface area contributed by atoms with Crippen molar-refractivity contribution in [1.29, 1.82) is 0 Å². The second-order valence-corrected chi connectivity index (χ2v) is 6.14. The molecule has 2 N–H and O–H groups in total. The van der Waals surface area contributed by atoms with Gasteiger partial charge in [0.05, 0.1) is 0 Å². The van der Waals surface area contributed by atoms with Crippen LogP contribution in [0.5, 0.6) is 0 Å². The normalized spacial score (nSPS) is 26.1. The lowest BCUT2D eigenvalue weighted by Crippen LogP contribution is -2.37. The van der Waals surface area contributed by atoms with Gasteiger partial charge >= 0.3 is 0 Å². The SMILES string of the molecule is Cc1ccc(F)c2c1C1(CCCCC1)CCC2N. The Kier molecular flexibility index (Phi) is 2.93. The fourth-order valence-corrected chi connectivity index (χ4v) is 4.20. The molecule has 0 amide bonds. The Labute approximate surface area is 109 Å². The molecule has 1 atom stereocenters. The van der Waals surface area contributed by atoms with Gasteiger partial charge in [-0.05, 0) is 55.2 Å². The van der Waals surface area contributed by atoms with Crippen molar-refractivity contribution in [3.8, 4) is 0 Å². The van der Waals surface area contributed by atoms with Crippen LogP contribution in [-0.2, 0) is 5.41 Å². The van der Waals surface area contributed by atoms with E-state index in [0.29, 0.717) is 0 Å². The molecule has 1 saturated carbocycles. The summed E-state index contributed by atoms with van der Waals surface area (Å²) in [4.78, 5) is 0. The van der Waals surface area contributed by atoms with E-state index >= 15 is 0 Å². The molecule has 1 nitrogen and oxygen atoms in total. The molecule has 0 aromatic heterocycles. The molecule has 18 heavy (non-hydrogen) atoms. The highest BCUT2D eigenvalue weighted by Crippen LogP contribution is 2.51. The lowest BCUT2D eigenvalue weighted by molar-refractivity contribution is 0.240. The highest BCUT2D eigenvalue weighted by molar-refractivity contribution is 5.45. The smallest absolute Gasteiger partial charge is 0.128 e. The third kappa shape index (κ3) is 1.70. The standard InChI is InChI=1S/C16H22FN/c1-11-5-6-12(17)14-13(18)7-10-16(15(11)14)8-3-2-4-9-16/h5-6,13H,2-4,7-10,18H2,1H3. The Morgan fingerprint density at radius 2 is 1.89 bits per heavy atom. The number of rotatable bonds is 0. The van der Waals surface area contributed by atoms with Crippen LogP contribution in [0.2, 0.25) is 0 Å². The van der Waals surface area contributed by atoms with Crippen molar-refractivity contribution in [1.82, 2.24) is 0 Å². The summed E-state index contributed by atoms with van der Waals surface area (Å²) >= 11 is 0. The first kappa shape index (κ1) is 12.2. The number of fused-ring (bicyclic) bond motifs is 2. The number of halogens is 1. The number of hydrogen-bond donors (Lipinski definition) is 1. The Hall–Kier alpha value is -0.890. The van der Waals surface area contributed by atoms with E-state index in [1.807, 2.05) is 6.07 Å². The maximum Gasteiger partial charge on any atom is 0.128 e. The molecule has 0 radical (unpaired) electrons. The highest BCUT2D eigenvalue weighted by atomic mass is 19.1. The maximum atomic E-state index is 14.2. The van der Waals surface area contributed by atoms with Crippen molar-refractivity contribution < 1.29 is 4.39 Å². The summed E-state index contributed by atoms with van der Waals surface area (Å²) in [5.74, 6) is -0.0900. The van der Waals surface area contributed by atoms with Gasteiger partial charge in [0.2, 0.25) is 0 Å². The molecule has 0 bridgehead atoms. The van der Waals surface area contributed by atoms with Gasteiger partial charge in [-0.15, -0.1) is 0 Å². The van der Waals surface area contributed by atoms with E-state index < -0.39 is 0 Å². The van der Waals surface area contributed by atoms with E-state index in [0.717, 1.165) is 18.4 Å². The minimum absolute atomic E-state index is 0.0900. The van der Waals surface area contributed by atoms with Gasteiger partial charge in [-0.25, -0.2) is 4.39 Å². The molecular formula is C16H22FN. The van der Waals surface area contributed by atoms with Crippen molar-refractivity contribution in [2.75, 3.05) is 0 Å². The van der Waals surface area contributed by atoms with E-state index in [1.165, 1.54) is 43.2 Å². The molecular weight excluding hydrogens is 225 g/mol. The van der Waals surface area contributed by atoms with Crippen LogP contribution < -0.4 is 5.73 Å². The largest absolute Gasteiger partial charge is 0.324 e. The van der Waals surface area contributed by atoms with Gasteiger partial charge < -0.3 is 5.73 Å². The Morgan fingerprint density at radius 1 is 1.17 bits per heavy atom. The van der Waals surface area contributed by atoms with Crippen LogP contribution in [0.15, 0.2) is 12.1 Å². The van der Waals surface area contributed by atoms with E-state index in [2.05, 4.69) is 6.92 Å². The average molecular weight is 247 g/mol. The molecule has 0 heterocycles. The quantitative estimate of drug-likeness (QED) is 0.733. The van der Waals surface area contributed by atoms with Crippen molar-refractivity contribution in [3.63, 3.8) is 0 Å². The molecule has 1 aromatic rings. The zero-order valence-electron chi connectivity index (χ0n) is 11.1. The first-order chi connectivity index (χ1) is 8.64. The molecule has 1 unspecified atom stereocenters. The van der Waals surface area contributed by atoms with Gasteiger partial charge in [-0.1, -0.05) is 25.3 Å².